The van der Waals surface area contributed by atoms with Crippen LogP contribution in [0.1, 0.15) is 41.6 Å². The molecule has 0 unspecified atom stereocenters. The van der Waals surface area contributed by atoms with E-state index in [-0.39, 0.29) is 18.0 Å². The predicted octanol–water partition coefficient (Wildman–Crippen LogP) is 1.81. The quantitative estimate of drug-likeness (QED) is 0.856. The Kier molecular flexibility index (Phi) is 5.58. The van der Waals surface area contributed by atoms with Crippen molar-refractivity contribution in [3.05, 3.63) is 35.4 Å². The minimum Gasteiger partial charge on any atom is -0.345 e. The maximum atomic E-state index is 12.1. The van der Waals surface area contributed by atoms with Crippen molar-refractivity contribution in [2.75, 3.05) is 27.2 Å². The Bertz CT molecular complexity index is 602. The molecule has 3 amide bonds. The fourth-order valence-electron chi connectivity index (χ4n) is 3.29. The number of amides is 3. The average Bonchev–Trinajstić information content (AvgIpc) is 3.45. The van der Waals surface area contributed by atoms with Crippen LogP contribution in [0.15, 0.2) is 24.3 Å². The highest BCUT2D eigenvalue weighted by Gasteiger charge is 2.32. The van der Waals surface area contributed by atoms with Gasteiger partial charge in [-0.25, -0.2) is 4.79 Å². The number of hydrogen-bond acceptors (Lipinski definition) is 3. The maximum Gasteiger partial charge on any atom is 0.315 e. The third-order valence-electron chi connectivity index (χ3n) is 4.99. The molecule has 1 saturated heterocycles. The van der Waals surface area contributed by atoms with Crippen LogP contribution >= 0.6 is 0 Å². The molecule has 0 bridgehead atoms. The summed E-state index contributed by atoms with van der Waals surface area (Å²) in [6.45, 7) is 2.65. The summed E-state index contributed by atoms with van der Waals surface area (Å²) in [6.07, 6.45) is 4.76. The molecule has 2 fully saturated rings. The van der Waals surface area contributed by atoms with Crippen LogP contribution in [0, 0.1) is 0 Å². The van der Waals surface area contributed by atoms with E-state index >= 15 is 0 Å². The Morgan fingerprint density at radius 2 is 1.72 bits per heavy atom. The van der Waals surface area contributed by atoms with E-state index in [4.69, 9.17) is 0 Å². The SMILES string of the molecule is CN(C)C(=O)c1ccc(CNC(=O)NC2CCN(C3CC3)CC2)cc1. The summed E-state index contributed by atoms with van der Waals surface area (Å²) in [6, 6.07) is 8.33. The number of hydrogen-bond donors (Lipinski definition) is 2. The number of likely N-dealkylation sites (tertiary alicyclic amines) is 1. The molecule has 25 heavy (non-hydrogen) atoms. The molecule has 1 saturated carbocycles. The summed E-state index contributed by atoms with van der Waals surface area (Å²) < 4.78 is 0. The Labute approximate surface area is 149 Å². The van der Waals surface area contributed by atoms with Gasteiger partial charge in [0, 0.05) is 51.4 Å². The second-order valence-corrected chi connectivity index (χ2v) is 7.26. The molecule has 6 heteroatoms. The van der Waals surface area contributed by atoms with E-state index in [0.29, 0.717) is 12.1 Å². The topological polar surface area (TPSA) is 64.7 Å². The third kappa shape index (κ3) is 4.95. The first-order chi connectivity index (χ1) is 12.0. The van der Waals surface area contributed by atoms with E-state index in [9.17, 15) is 9.59 Å². The standard InChI is InChI=1S/C19H28N4O2/c1-22(2)18(24)15-5-3-14(4-6-15)13-20-19(25)21-16-9-11-23(12-10-16)17-7-8-17/h3-6,16-17H,7-13H2,1-2H3,(H2,20,21,25). The number of benzene rings is 1. The summed E-state index contributed by atoms with van der Waals surface area (Å²) in [5.74, 6) is -0.0187. The second-order valence-electron chi connectivity index (χ2n) is 7.26. The number of nitrogens with zero attached hydrogens (tertiary/aromatic N) is 2. The fourth-order valence-corrected chi connectivity index (χ4v) is 3.29. The average molecular weight is 344 g/mol. The lowest BCUT2D eigenvalue weighted by molar-refractivity contribution is 0.0827. The summed E-state index contributed by atoms with van der Waals surface area (Å²) in [5, 5.41) is 5.98. The lowest BCUT2D eigenvalue weighted by Crippen LogP contribution is -2.48. The monoisotopic (exact) mass is 344 g/mol. The van der Waals surface area contributed by atoms with Gasteiger partial charge >= 0.3 is 6.03 Å². The van der Waals surface area contributed by atoms with Gasteiger partial charge in [-0.15, -0.1) is 0 Å². The molecule has 1 aromatic carbocycles. The lowest BCUT2D eigenvalue weighted by atomic mass is 10.1. The normalized spacial score (nSPS) is 18.6. The fraction of sp³-hybridized carbons (Fsp3) is 0.579. The highest BCUT2D eigenvalue weighted by Crippen LogP contribution is 2.29. The molecule has 0 spiro atoms. The van der Waals surface area contributed by atoms with Crippen molar-refractivity contribution in [1.29, 1.82) is 0 Å². The largest absolute Gasteiger partial charge is 0.345 e. The first-order valence-corrected chi connectivity index (χ1v) is 9.12. The predicted molar refractivity (Wildman–Crippen MR) is 97.4 cm³/mol. The zero-order valence-electron chi connectivity index (χ0n) is 15.1. The van der Waals surface area contributed by atoms with Gasteiger partial charge in [-0.3, -0.25) is 4.79 Å². The van der Waals surface area contributed by atoms with Gasteiger partial charge in [-0.2, -0.15) is 0 Å². The van der Waals surface area contributed by atoms with Crippen LogP contribution in [0.5, 0.6) is 0 Å². The van der Waals surface area contributed by atoms with Gasteiger partial charge in [0.05, 0.1) is 0 Å². The van der Waals surface area contributed by atoms with Gasteiger partial charge in [0.1, 0.15) is 0 Å². The smallest absolute Gasteiger partial charge is 0.315 e. The molecule has 0 aromatic heterocycles. The van der Waals surface area contributed by atoms with E-state index in [0.717, 1.165) is 37.5 Å². The molecule has 2 N–H and O–H groups in total. The van der Waals surface area contributed by atoms with Crippen molar-refractivity contribution in [2.24, 2.45) is 0 Å². The minimum absolute atomic E-state index is 0.0187. The molecule has 6 nitrogen and oxygen atoms in total. The number of rotatable bonds is 5. The summed E-state index contributed by atoms with van der Waals surface area (Å²) >= 11 is 0. The number of piperidine rings is 1. The van der Waals surface area contributed by atoms with Crippen molar-refractivity contribution in [3.8, 4) is 0 Å². The van der Waals surface area contributed by atoms with Crippen molar-refractivity contribution in [3.63, 3.8) is 0 Å². The summed E-state index contributed by atoms with van der Waals surface area (Å²) in [4.78, 5) is 28.0. The molecular formula is C19H28N4O2. The molecule has 1 heterocycles. The second kappa shape index (κ2) is 7.87. The first-order valence-electron chi connectivity index (χ1n) is 9.12. The Morgan fingerprint density at radius 3 is 2.28 bits per heavy atom. The summed E-state index contributed by atoms with van der Waals surface area (Å²) in [7, 11) is 3.47. The van der Waals surface area contributed by atoms with E-state index in [1.54, 1.807) is 31.1 Å². The van der Waals surface area contributed by atoms with Crippen molar-refractivity contribution < 1.29 is 9.59 Å². The number of carbonyl (C=O) groups is 2. The van der Waals surface area contributed by atoms with Crippen LogP contribution in [0.25, 0.3) is 0 Å². The van der Waals surface area contributed by atoms with Crippen molar-refractivity contribution in [2.45, 2.75) is 44.3 Å². The van der Waals surface area contributed by atoms with Gasteiger partial charge in [0.15, 0.2) is 0 Å². The third-order valence-corrected chi connectivity index (χ3v) is 4.99. The van der Waals surface area contributed by atoms with E-state index in [1.807, 2.05) is 12.1 Å². The molecular weight excluding hydrogens is 316 g/mol. The molecule has 0 radical (unpaired) electrons. The van der Waals surface area contributed by atoms with Crippen LogP contribution in [0.4, 0.5) is 4.79 Å². The Balaban J connectivity index is 1.39. The molecule has 3 rings (SSSR count). The lowest BCUT2D eigenvalue weighted by Gasteiger charge is -2.32. The minimum atomic E-state index is -0.113. The van der Waals surface area contributed by atoms with Crippen LogP contribution in [0.2, 0.25) is 0 Å². The molecule has 0 atom stereocenters. The van der Waals surface area contributed by atoms with Gasteiger partial charge in [0.25, 0.3) is 5.91 Å². The molecule has 2 aliphatic rings. The zero-order chi connectivity index (χ0) is 17.8. The van der Waals surface area contributed by atoms with Gasteiger partial charge in [0.2, 0.25) is 0 Å². The van der Waals surface area contributed by atoms with E-state index < -0.39 is 0 Å². The van der Waals surface area contributed by atoms with E-state index in [2.05, 4.69) is 15.5 Å². The zero-order valence-corrected chi connectivity index (χ0v) is 15.1. The van der Waals surface area contributed by atoms with Crippen molar-refractivity contribution >= 4 is 11.9 Å². The van der Waals surface area contributed by atoms with Gasteiger partial charge in [-0.1, -0.05) is 12.1 Å². The van der Waals surface area contributed by atoms with Crippen molar-refractivity contribution in [1.82, 2.24) is 20.4 Å². The molecule has 1 aliphatic heterocycles. The van der Waals surface area contributed by atoms with E-state index in [1.165, 1.54) is 12.8 Å². The van der Waals surface area contributed by atoms with Crippen LogP contribution in [0.3, 0.4) is 0 Å². The molecule has 1 aliphatic carbocycles. The number of urea groups is 1. The van der Waals surface area contributed by atoms with Crippen LogP contribution < -0.4 is 10.6 Å². The number of carbonyl (C=O) groups excluding carboxylic acids is 2. The number of nitrogens with one attached hydrogen (secondary N) is 2. The first kappa shape index (κ1) is 17.7. The highest BCUT2D eigenvalue weighted by molar-refractivity contribution is 5.93. The van der Waals surface area contributed by atoms with Gasteiger partial charge in [-0.05, 0) is 43.4 Å². The van der Waals surface area contributed by atoms with Gasteiger partial charge < -0.3 is 20.4 Å². The maximum absolute atomic E-state index is 12.1. The highest BCUT2D eigenvalue weighted by atomic mass is 16.2. The Morgan fingerprint density at radius 1 is 1.08 bits per heavy atom. The van der Waals surface area contributed by atoms with Crippen LogP contribution in [-0.2, 0) is 6.54 Å². The molecule has 136 valence electrons. The molecule has 1 aromatic rings. The van der Waals surface area contributed by atoms with Crippen LogP contribution in [-0.4, -0.2) is 61.0 Å². The Hall–Kier alpha value is -2.08. The summed E-state index contributed by atoms with van der Waals surface area (Å²) in [5.41, 5.74) is 1.63.